The molecule has 2 rings (SSSR count). The maximum absolute atomic E-state index is 11.1. The van der Waals surface area contributed by atoms with Crippen LogP contribution in [-0.4, -0.2) is 41.5 Å². The van der Waals surface area contributed by atoms with Crippen molar-refractivity contribution in [1.82, 2.24) is 9.80 Å². The lowest BCUT2D eigenvalue weighted by Gasteiger charge is -2.21. The maximum atomic E-state index is 11.1. The third-order valence-corrected chi connectivity index (χ3v) is 3.96. The highest BCUT2D eigenvalue weighted by Crippen LogP contribution is 2.13. The van der Waals surface area contributed by atoms with Crippen molar-refractivity contribution in [3.63, 3.8) is 0 Å². The first-order valence-corrected chi connectivity index (χ1v) is 8.25. The van der Waals surface area contributed by atoms with Crippen molar-refractivity contribution in [3.05, 3.63) is 70.8 Å². The Bertz CT molecular complexity index is 666. The van der Waals surface area contributed by atoms with Gasteiger partial charge >= 0.3 is 5.97 Å². The molecule has 4 nitrogen and oxygen atoms in total. The fourth-order valence-corrected chi connectivity index (χ4v) is 2.71. The molecule has 0 spiro atoms. The summed E-state index contributed by atoms with van der Waals surface area (Å²) in [5.74, 6) is -0.878. The zero-order chi connectivity index (χ0) is 17.5. The molecule has 0 heterocycles. The molecule has 0 aliphatic heterocycles. The van der Waals surface area contributed by atoms with E-state index in [1.807, 2.05) is 12.1 Å². The standard InChI is InChI=1S/C20H26N2O2/c1-4-22(15-18-6-5-7-19(12-18)20(23)24)14-17-10-8-16(9-11-17)13-21(2)3/h5-12H,4,13-15H2,1-3H3,(H,23,24). The van der Waals surface area contributed by atoms with E-state index in [0.717, 1.165) is 31.7 Å². The van der Waals surface area contributed by atoms with Crippen molar-refractivity contribution in [1.29, 1.82) is 0 Å². The summed E-state index contributed by atoms with van der Waals surface area (Å²) in [7, 11) is 4.13. The van der Waals surface area contributed by atoms with E-state index in [1.54, 1.807) is 12.1 Å². The number of hydrogen-bond donors (Lipinski definition) is 1. The van der Waals surface area contributed by atoms with E-state index in [-0.39, 0.29) is 0 Å². The van der Waals surface area contributed by atoms with E-state index in [2.05, 4.69) is 55.1 Å². The quantitative estimate of drug-likeness (QED) is 0.807. The molecule has 2 aromatic carbocycles. The molecule has 24 heavy (non-hydrogen) atoms. The lowest BCUT2D eigenvalue weighted by Crippen LogP contribution is -2.22. The number of nitrogens with zero attached hydrogens (tertiary/aromatic N) is 2. The summed E-state index contributed by atoms with van der Waals surface area (Å²) in [6, 6.07) is 15.9. The predicted molar refractivity (Wildman–Crippen MR) is 97.0 cm³/mol. The Morgan fingerprint density at radius 3 is 2.04 bits per heavy atom. The van der Waals surface area contributed by atoms with Crippen LogP contribution in [0.5, 0.6) is 0 Å². The highest BCUT2D eigenvalue weighted by atomic mass is 16.4. The number of aromatic carboxylic acids is 1. The van der Waals surface area contributed by atoms with Crippen molar-refractivity contribution in [3.8, 4) is 0 Å². The van der Waals surface area contributed by atoms with Gasteiger partial charge in [-0.3, -0.25) is 4.90 Å². The van der Waals surface area contributed by atoms with Crippen LogP contribution in [-0.2, 0) is 19.6 Å². The second kappa shape index (κ2) is 8.62. The Morgan fingerprint density at radius 2 is 1.50 bits per heavy atom. The molecule has 0 bridgehead atoms. The van der Waals surface area contributed by atoms with Gasteiger partial charge < -0.3 is 10.0 Å². The van der Waals surface area contributed by atoms with Crippen molar-refractivity contribution >= 4 is 5.97 Å². The van der Waals surface area contributed by atoms with Gasteiger partial charge in [0.2, 0.25) is 0 Å². The van der Waals surface area contributed by atoms with Crippen molar-refractivity contribution in [2.24, 2.45) is 0 Å². The molecule has 1 N–H and O–H groups in total. The van der Waals surface area contributed by atoms with Gasteiger partial charge in [-0.25, -0.2) is 4.79 Å². The Morgan fingerprint density at radius 1 is 0.917 bits per heavy atom. The minimum Gasteiger partial charge on any atom is -0.478 e. The lowest BCUT2D eigenvalue weighted by molar-refractivity contribution is 0.0696. The van der Waals surface area contributed by atoms with Gasteiger partial charge in [-0.15, -0.1) is 0 Å². The van der Waals surface area contributed by atoms with E-state index in [0.29, 0.717) is 5.56 Å². The molecule has 0 saturated carbocycles. The van der Waals surface area contributed by atoms with Crippen LogP contribution in [0.1, 0.15) is 34.0 Å². The van der Waals surface area contributed by atoms with Crippen molar-refractivity contribution in [2.75, 3.05) is 20.6 Å². The monoisotopic (exact) mass is 326 g/mol. The molecule has 0 saturated heterocycles. The highest BCUT2D eigenvalue weighted by Gasteiger charge is 2.08. The number of carbonyl (C=O) groups is 1. The molecule has 0 atom stereocenters. The fourth-order valence-electron chi connectivity index (χ4n) is 2.71. The zero-order valence-corrected chi connectivity index (χ0v) is 14.7. The highest BCUT2D eigenvalue weighted by molar-refractivity contribution is 5.87. The number of carboxylic acids is 1. The first-order chi connectivity index (χ1) is 11.5. The molecular weight excluding hydrogens is 300 g/mol. The summed E-state index contributed by atoms with van der Waals surface area (Å²) >= 11 is 0. The van der Waals surface area contributed by atoms with Gasteiger partial charge in [0.1, 0.15) is 0 Å². The third kappa shape index (κ3) is 5.48. The summed E-state index contributed by atoms with van der Waals surface area (Å²) in [6.07, 6.45) is 0. The largest absolute Gasteiger partial charge is 0.478 e. The van der Waals surface area contributed by atoms with Gasteiger partial charge in [0, 0.05) is 19.6 Å². The molecule has 128 valence electrons. The molecule has 0 aliphatic carbocycles. The van der Waals surface area contributed by atoms with Crippen LogP contribution in [0.4, 0.5) is 0 Å². The molecular formula is C20H26N2O2. The van der Waals surface area contributed by atoms with Crippen LogP contribution >= 0.6 is 0 Å². The summed E-state index contributed by atoms with van der Waals surface area (Å²) in [5.41, 5.74) is 3.95. The number of rotatable bonds is 8. The Hall–Kier alpha value is -2.17. The average Bonchev–Trinajstić information content (AvgIpc) is 2.55. The molecule has 0 aliphatic rings. The molecule has 0 amide bonds. The lowest BCUT2D eigenvalue weighted by atomic mass is 10.1. The Labute approximate surface area is 144 Å². The maximum Gasteiger partial charge on any atom is 0.335 e. The summed E-state index contributed by atoms with van der Waals surface area (Å²) < 4.78 is 0. The van der Waals surface area contributed by atoms with E-state index < -0.39 is 5.97 Å². The molecule has 0 aromatic heterocycles. The number of hydrogen-bond acceptors (Lipinski definition) is 3. The van der Waals surface area contributed by atoms with E-state index in [1.165, 1.54) is 11.1 Å². The van der Waals surface area contributed by atoms with Gasteiger partial charge in [0.15, 0.2) is 0 Å². The van der Waals surface area contributed by atoms with Gasteiger partial charge in [-0.05, 0) is 49.5 Å². The van der Waals surface area contributed by atoms with Gasteiger partial charge in [-0.2, -0.15) is 0 Å². The van der Waals surface area contributed by atoms with E-state index in [4.69, 9.17) is 5.11 Å². The smallest absolute Gasteiger partial charge is 0.335 e. The van der Waals surface area contributed by atoms with Crippen LogP contribution in [0.3, 0.4) is 0 Å². The third-order valence-electron chi connectivity index (χ3n) is 3.96. The molecule has 0 unspecified atom stereocenters. The van der Waals surface area contributed by atoms with Crippen LogP contribution in [0, 0.1) is 0 Å². The van der Waals surface area contributed by atoms with E-state index in [9.17, 15) is 4.79 Å². The van der Waals surface area contributed by atoms with Crippen LogP contribution in [0.15, 0.2) is 48.5 Å². The van der Waals surface area contributed by atoms with Gasteiger partial charge in [0.05, 0.1) is 5.56 Å². The summed E-state index contributed by atoms with van der Waals surface area (Å²) in [4.78, 5) is 15.6. The van der Waals surface area contributed by atoms with Gasteiger partial charge in [-0.1, -0.05) is 43.3 Å². The number of benzene rings is 2. The normalized spacial score (nSPS) is 11.2. The fraction of sp³-hybridized carbons (Fsp3) is 0.350. The number of carboxylic acid groups (broad SMARTS) is 1. The predicted octanol–water partition coefficient (Wildman–Crippen LogP) is 3.47. The Balaban J connectivity index is 2.01. The minimum absolute atomic E-state index is 0.344. The van der Waals surface area contributed by atoms with Crippen molar-refractivity contribution < 1.29 is 9.90 Å². The average molecular weight is 326 g/mol. The summed E-state index contributed by atoms with van der Waals surface area (Å²) in [6.45, 7) is 5.59. The second-order valence-electron chi connectivity index (χ2n) is 6.36. The summed E-state index contributed by atoms with van der Waals surface area (Å²) in [5, 5.41) is 9.11. The second-order valence-corrected chi connectivity index (χ2v) is 6.36. The first kappa shape index (κ1) is 18.2. The van der Waals surface area contributed by atoms with Gasteiger partial charge in [0.25, 0.3) is 0 Å². The molecule has 0 fully saturated rings. The Kier molecular flexibility index (Phi) is 6.53. The topological polar surface area (TPSA) is 43.8 Å². The van der Waals surface area contributed by atoms with Crippen molar-refractivity contribution in [2.45, 2.75) is 26.6 Å². The SMILES string of the molecule is CCN(Cc1ccc(CN(C)C)cc1)Cc1cccc(C(=O)O)c1. The van der Waals surface area contributed by atoms with Crippen LogP contribution < -0.4 is 0 Å². The molecule has 0 radical (unpaired) electrons. The minimum atomic E-state index is -0.878. The molecule has 2 aromatic rings. The van der Waals surface area contributed by atoms with Crippen LogP contribution in [0.2, 0.25) is 0 Å². The van der Waals surface area contributed by atoms with Crippen LogP contribution in [0.25, 0.3) is 0 Å². The van der Waals surface area contributed by atoms with E-state index >= 15 is 0 Å². The first-order valence-electron chi connectivity index (χ1n) is 8.25. The molecule has 4 heteroatoms. The zero-order valence-electron chi connectivity index (χ0n) is 14.7.